The maximum atomic E-state index is 13.0. The van der Waals surface area contributed by atoms with Crippen LogP contribution < -0.4 is 0 Å². The van der Waals surface area contributed by atoms with Crippen molar-refractivity contribution in [2.24, 2.45) is 23.7 Å². The standard InChI is InChI=1S/C20H28O3/c1-11-7-13(3)16(14(4)8-11)10-18(21)19-15(5)12(2)9-17(19)20(22)23-6/h7-8,12,15,17,19H,9-10H2,1-6H3. The second-order valence-electron chi connectivity index (χ2n) is 7.25. The van der Waals surface area contributed by atoms with Crippen LogP contribution in [-0.4, -0.2) is 18.9 Å². The van der Waals surface area contributed by atoms with E-state index in [4.69, 9.17) is 4.74 Å². The number of esters is 1. The van der Waals surface area contributed by atoms with Crippen molar-refractivity contribution >= 4 is 11.8 Å². The van der Waals surface area contributed by atoms with Crippen LogP contribution in [0.15, 0.2) is 12.1 Å². The topological polar surface area (TPSA) is 43.4 Å². The molecule has 3 heteroatoms. The van der Waals surface area contributed by atoms with Gasteiger partial charge in [0, 0.05) is 12.3 Å². The van der Waals surface area contributed by atoms with Crippen LogP contribution in [0.2, 0.25) is 0 Å². The van der Waals surface area contributed by atoms with Crippen LogP contribution in [0.25, 0.3) is 0 Å². The molecule has 0 spiro atoms. The first-order chi connectivity index (χ1) is 10.8. The highest BCUT2D eigenvalue weighted by atomic mass is 16.5. The van der Waals surface area contributed by atoms with E-state index < -0.39 is 0 Å². The number of carbonyl (C=O) groups is 2. The van der Waals surface area contributed by atoms with E-state index >= 15 is 0 Å². The zero-order valence-electron chi connectivity index (χ0n) is 15.1. The van der Waals surface area contributed by atoms with Crippen molar-refractivity contribution in [3.8, 4) is 0 Å². The molecule has 1 aromatic carbocycles. The Balaban J connectivity index is 2.27. The highest BCUT2D eigenvalue weighted by Crippen LogP contribution is 2.43. The van der Waals surface area contributed by atoms with Gasteiger partial charge in [-0.1, -0.05) is 31.5 Å². The van der Waals surface area contributed by atoms with E-state index in [0.717, 1.165) is 23.1 Å². The highest BCUT2D eigenvalue weighted by Gasteiger charge is 2.46. The van der Waals surface area contributed by atoms with Crippen LogP contribution in [0.4, 0.5) is 0 Å². The normalized spacial score (nSPS) is 27.0. The van der Waals surface area contributed by atoms with Crippen molar-refractivity contribution < 1.29 is 14.3 Å². The van der Waals surface area contributed by atoms with Crippen molar-refractivity contribution in [3.63, 3.8) is 0 Å². The first-order valence-electron chi connectivity index (χ1n) is 8.43. The van der Waals surface area contributed by atoms with E-state index in [0.29, 0.717) is 12.3 Å². The lowest BCUT2D eigenvalue weighted by atomic mass is 9.81. The van der Waals surface area contributed by atoms with Gasteiger partial charge in [-0.3, -0.25) is 9.59 Å². The predicted octanol–water partition coefficient (Wildman–Crippen LogP) is 3.80. The zero-order chi connectivity index (χ0) is 17.3. The summed E-state index contributed by atoms with van der Waals surface area (Å²) in [5, 5.41) is 0. The van der Waals surface area contributed by atoms with Gasteiger partial charge >= 0.3 is 5.97 Å². The molecular formula is C20H28O3. The third kappa shape index (κ3) is 3.49. The molecule has 0 radical (unpaired) electrons. The minimum Gasteiger partial charge on any atom is -0.469 e. The maximum Gasteiger partial charge on any atom is 0.309 e. The third-order valence-electron chi connectivity index (χ3n) is 5.59. The van der Waals surface area contributed by atoms with Gasteiger partial charge in [-0.15, -0.1) is 0 Å². The lowest BCUT2D eigenvalue weighted by Crippen LogP contribution is -2.31. The van der Waals surface area contributed by atoms with Crippen LogP contribution in [0.3, 0.4) is 0 Å². The maximum absolute atomic E-state index is 13.0. The third-order valence-corrected chi connectivity index (χ3v) is 5.59. The number of aryl methyl sites for hydroxylation is 3. The fraction of sp³-hybridized carbons (Fsp3) is 0.600. The van der Waals surface area contributed by atoms with E-state index in [-0.39, 0.29) is 29.5 Å². The molecule has 0 N–H and O–H groups in total. The first-order valence-corrected chi connectivity index (χ1v) is 8.43. The van der Waals surface area contributed by atoms with Gasteiger partial charge in [0.25, 0.3) is 0 Å². The van der Waals surface area contributed by atoms with Crippen molar-refractivity contribution in [2.45, 2.75) is 47.5 Å². The number of ether oxygens (including phenoxy) is 1. The van der Waals surface area contributed by atoms with E-state index in [9.17, 15) is 9.59 Å². The Labute approximate surface area is 139 Å². The molecule has 0 amide bonds. The van der Waals surface area contributed by atoms with Gasteiger partial charge in [-0.05, 0) is 55.7 Å². The molecule has 0 saturated heterocycles. The molecule has 126 valence electrons. The van der Waals surface area contributed by atoms with Crippen molar-refractivity contribution in [3.05, 3.63) is 34.4 Å². The average Bonchev–Trinajstić information content (AvgIpc) is 2.77. The van der Waals surface area contributed by atoms with E-state index in [1.165, 1.54) is 12.7 Å². The van der Waals surface area contributed by atoms with E-state index in [1.807, 2.05) is 0 Å². The zero-order valence-corrected chi connectivity index (χ0v) is 15.1. The fourth-order valence-corrected chi connectivity index (χ4v) is 4.17. The van der Waals surface area contributed by atoms with Crippen LogP contribution in [0.5, 0.6) is 0 Å². The molecule has 3 nitrogen and oxygen atoms in total. The van der Waals surface area contributed by atoms with Crippen LogP contribution in [0, 0.1) is 44.4 Å². The van der Waals surface area contributed by atoms with Crippen molar-refractivity contribution in [1.29, 1.82) is 0 Å². The van der Waals surface area contributed by atoms with Gasteiger partial charge in [0.05, 0.1) is 13.0 Å². The monoisotopic (exact) mass is 316 g/mol. The van der Waals surface area contributed by atoms with E-state index in [2.05, 4.69) is 46.8 Å². The number of rotatable bonds is 4. The van der Waals surface area contributed by atoms with Gasteiger partial charge in [0.2, 0.25) is 0 Å². The van der Waals surface area contributed by atoms with E-state index in [1.54, 1.807) is 0 Å². The molecule has 0 heterocycles. The number of benzene rings is 1. The largest absolute Gasteiger partial charge is 0.469 e. The molecule has 4 atom stereocenters. The summed E-state index contributed by atoms with van der Waals surface area (Å²) in [5.41, 5.74) is 4.63. The second kappa shape index (κ2) is 6.86. The highest BCUT2D eigenvalue weighted by molar-refractivity contribution is 5.89. The Morgan fingerprint density at radius 2 is 1.70 bits per heavy atom. The van der Waals surface area contributed by atoms with Gasteiger partial charge in [-0.25, -0.2) is 0 Å². The smallest absolute Gasteiger partial charge is 0.309 e. The number of carbonyl (C=O) groups excluding carboxylic acids is 2. The molecule has 1 fully saturated rings. The molecule has 0 aromatic heterocycles. The second-order valence-corrected chi connectivity index (χ2v) is 7.25. The Morgan fingerprint density at radius 1 is 1.13 bits per heavy atom. The quantitative estimate of drug-likeness (QED) is 0.793. The summed E-state index contributed by atoms with van der Waals surface area (Å²) in [7, 11) is 1.41. The summed E-state index contributed by atoms with van der Waals surface area (Å²) in [6.07, 6.45) is 1.16. The SMILES string of the molecule is COC(=O)C1CC(C)C(C)C1C(=O)Cc1c(C)cc(C)cc1C. The fourth-order valence-electron chi connectivity index (χ4n) is 4.17. The molecule has 1 aliphatic rings. The van der Waals surface area contributed by atoms with Gasteiger partial charge in [0.1, 0.15) is 5.78 Å². The number of Topliss-reactive ketones (excluding diaryl/α,β-unsaturated/α-hetero) is 1. The molecule has 4 unspecified atom stereocenters. The summed E-state index contributed by atoms with van der Waals surface area (Å²) in [6, 6.07) is 4.24. The molecule has 2 rings (SSSR count). The molecule has 1 saturated carbocycles. The molecule has 23 heavy (non-hydrogen) atoms. The minimum atomic E-state index is -0.288. The number of hydrogen-bond acceptors (Lipinski definition) is 3. The molecule has 1 aliphatic carbocycles. The van der Waals surface area contributed by atoms with Gasteiger partial charge in [0.15, 0.2) is 0 Å². The van der Waals surface area contributed by atoms with Crippen LogP contribution in [0.1, 0.15) is 42.5 Å². The minimum absolute atomic E-state index is 0.173. The summed E-state index contributed by atoms with van der Waals surface area (Å²) in [5.74, 6) is 0.0104. The van der Waals surface area contributed by atoms with Crippen molar-refractivity contribution in [2.75, 3.05) is 7.11 Å². The first kappa shape index (κ1) is 17.7. The molecule has 0 bridgehead atoms. The van der Waals surface area contributed by atoms with Crippen LogP contribution >= 0.6 is 0 Å². The van der Waals surface area contributed by atoms with Gasteiger partial charge in [-0.2, -0.15) is 0 Å². The van der Waals surface area contributed by atoms with Gasteiger partial charge < -0.3 is 4.74 Å². The van der Waals surface area contributed by atoms with Crippen LogP contribution in [-0.2, 0) is 20.7 Å². The number of hydrogen-bond donors (Lipinski definition) is 0. The Morgan fingerprint density at radius 3 is 2.22 bits per heavy atom. The molecule has 0 aliphatic heterocycles. The lowest BCUT2D eigenvalue weighted by molar-refractivity contribution is -0.149. The Hall–Kier alpha value is -1.64. The van der Waals surface area contributed by atoms with Crippen molar-refractivity contribution in [1.82, 2.24) is 0 Å². The predicted molar refractivity (Wildman–Crippen MR) is 91.3 cm³/mol. The summed E-state index contributed by atoms with van der Waals surface area (Å²) in [4.78, 5) is 25.1. The average molecular weight is 316 g/mol. The lowest BCUT2D eigenvalue weighted by Gasteiger charge is -2.22. The summed E-state index contributed by atoms with van der Waals surface area (Å²) >= 11 is 0. The Bertz CT molecular complexity index is 594. The number of ketones is 1. The Kier molecular flexibility index (Phi) is 5.28. The molecular weight excluding hydrogens is 288 g/mol. The molecule has 1 aromatic rings. The number of methoxy groups -OCH3 is 1. The summed E-state index contributed by atoms with van der Waals surface area (Å²) in [6.45, 7) is 10.4. The summed E-state index contributed by atoms with van der Waals surface area (Å²) < 4.78 is 4.93.